The number of benzene rings is 4. The van der Waals surface area contributed by atoms with E-state index in [-0.39, 0.29) is 11.6 Å². The summed E-state index contributed by atoms with van der Waals surface area (Å²) in [5, 5.41) is 1.56. The van der Waals surface area contributed by atoms with Gasteiger partial charge in [0, 0.05) is 10.9 Å². The minimum atomic E-state index is -0.405. The molecule has 30 heavy (non-hydrogen) atoms. The van der Waals surface area contributed by atoms with Gasteiger partial charge in [-0.15, -0.1) is 0 Å². The zero-order valence-corrected chi connectivity index (χ0v) is 17.2. The molecule has 152 valence electrons. The Bertz CT molecular complexity index is 1180. The Morgan fingerprint density at radius 2 is 1.50 bits per heavy atom. The fourth-order valence-corrected chi connectivity index (χ4v) is 3.79. The molecule has 0 fully saturated rings. The number of ether oxygens (including phenoxy) is 1. The van der Waals surface area contributed by atoms with Gasteiger partial charge in [-0.25, -0.2) is 8.78 Å². The third-order valence-corrected chi connectivity index (χ3v) is 5.52. The molecular weight excluding hydrogens is 378 g/mol. The van der Waals surface area contributed by atoms with E-state index in [1.54, 1.807) is 6.07 Å². The first-order valence-electron chi connectivity index (χ1n) is 10.3. The Morgan fingerprint density at radius 3 is 2.20 bits per heavy atom. The Kier molecular flexibility index (Phi) is 5.80. The van der Waals surface area contributed by atoms with Gasteiger partial charge in [0.05, 0.1) is 7.11 Å². The quantitative estimate of drug-likeness (QED) is 0.320. The molecule has 0 amide bonds. The van der Waals surface area contributed by atoms with E-state index in [1.165, 1.54) is 18.7 Å². The van der Waals surface area contributed by atoms with Crippen molar-refractivity contribution in [2.45, 2.75) is 26.2 Å². The van der Waals surface area contributed by atoms with Gasteiger partial charge < -0.3 is 4.74 Å². The van der Waals surface area contributed by atoms with Gasteiger partial charge in [-0.05, 0) is 52.6 Å². The molecule has 0 aromatic heterocycles. The van der Waals surface area contributed by atoms with Gasteiger partial charge in [-0.1, -0.05) is 74.0 Å². The van der Waals surface area contributed by atoms with Gasteiger partial charge in [-0.2, -0.15) is 0 Å². The predicted molar refractivity (Wildman–Crippen MR) is 120 cm³/mol. The molecule has 4 rings (SSSR count). The topological polar surface area (TPSA) is 9.23 Å². The van der Waals surface area contributed by atoms with Crippen LogP contribution < -0.4 is 4.74 Å². The minimum Gasteiger partial charge on any atom is -0.494 e. The van der Waals surface area contributed by atoms with E-state index >= 15 is 4.39 Å². The molecule has 0 spiro atoms. The fraction of sp³-hybridized carbons (Fsp3) is 0.185. The van der Waals surface area contributed by atoms with Crippen LogP contribution in [-0.2, 0) is 6.42 Å². The van der Waals surface area contributed by atoms with Crippen LogP contribution in [-0.4, -0.2) is 7.11 Å². The van der Waals surface area contributed by atoms with Crippen LogP contribution in [0, 0.1) is 11.6 Å². The summed E-state index contributed by atoms with van der Waals surface area (Å²) in [4.78, 5) is 0. The largest absolute Gasteiger partial charge is 0.494 e. The van der Waals surface area contributed by atoms with Crippen molar-refractivity contribution < 1.29 is 13.5 Å². The van der Waals surface area contributed by atoms with Crippen LogP contribution in [0.4, 0.5) is 8.78 Å². The van der Waals surface area contributed by atoms with E-state index in [0.717, 1.165) is 41.3 Å². The van der Waals surface area contributed by atoms with Crippen molar-refractivity contribution in [3.63, 3.8) is 0 Å². The van der Waals surface area contributed by atoms with Crippen molar-refractivity contribution >= 4 is 10.8 Å². The van der Waals surface area contributed by atoms with Crippen LogP contribution in [0.3, 0.4) is 0 Å². The zero-order valence-electron chi connectivity index (χ0n) is 17.2. The number of methoxy groups -OCH3 is 1. The minimum absolute atomic E-state index is 0.210. The summed E-state index contributed by atoms with van der Waals surface area (Å²) in [5.74, 6) is -0.401. The van der Waals surface area contributed by atoms with Gasteiger partial charge in [0.15, 0.2) is 11.6 Å². The van der Waals surface area contributed by atoms with Crippen LogP contribution in [0.25, 0.3) is 33.0 Å². The van der Waals surface area contributed by atoms with E-state index < -0.39 is 5.82 Å². The molecule has 4 aromatic rings. The number of hydrogen-bond donors (Lipinski definition) is 0. The SMILES string of the molecule is CCCCc1ccc2c(F)c(-c3ccc(-c4ccc(OC)c(F)c4)cc3)ccc2c1. The second-order valence-electron chi connectivity index (χ2n) is 7.51. The van der Waals surface area contributed by atoms with E-state index in [9.17, 15) is 4.39 Å². The summed E-state index contributed by atoms with van der Waals surface area (Å²) in [6, 6.07) is 22.2. The maximum atomic E-state index is 15.2. The van der Waals surface area contributed by atoms with E-state index in [1.807, 2.05) is 54.6 Å². The number of halogens is 2. The number of unbranched alkanes of at least 4 members (excludes halogenated alkanes) is 1. The highest BCUT2D eigenvalue weighted by Gasteiger charge is 2.11. The van der Waals surface area contributed by atoms with Crippen molar-refractivity contribution in [2.24, 2.45) is 0 Å². The summed E-state index contributed by atoms with van der Waals surface area (Å²) in [6.45, 7) is 2.17. The Balaban J connectivity index is 1.65. The molecule has 0 radical (unpaired) electrons. The molecule has 0 heterocycles. The highest BCUT2D eigenvalue weighted by atomic mass is 19.1. The summed E-state index contributed by atoms with van der Waals surface area (Å²) < 4.78 is 34.2. The normalized spacial score (nSPS) is 11.1. The highest BCUT2D eigenvalue weighted by Crippen LogP contribution is 2.32. The number of hydrogen-bond acceptors (Lipinski definition) is 1. The summed E-state index contributed by atoms with van der Waals surface area (Å²) in [5.41, 5.74) is 4.21. The lowest BCUT2D eigenvalue weighted by atomic mass is 9.96. The first kappa shape index (κ1) is 20.1. The van der Waals surface area contributed by atoms with Crippen LogP contribution in [0.2, 0.25) is 0 Å². The lowest BCUT2D eigenvalue weighted by molar-refractivity contribution is 0.386. The van der Waals surface area contributed by atoms with Crippen molar-refractivity contribution in [1.29, 1.82) is 0 Å². The molecule has 0 saturated heterocycles. The van der Waals surface area contributed by atoms with Gasteiger partial charge >= 0.3 is 0 Å². The second kappa shape index (κ2) is 8.66. The van der Waals surface area contributed by atoms with Crippen LogP contribution in [0.5, 0.6) is 5.75 Å². The van der Waals surface area contributed by atoms with Crippen molar-refractivity contribution in [3.8, 4) is 28.0 Å². The van der Waals surface area contributed by atoms with Gasteiger partial charge in [0.25, 0.3) is 0 Å². The average molecular weight is 402 g/mol. The lowest BCUT2D eigenvalue weighted by Gasteiger charge is -2.10. The van der Waals surface area contributed by atoms with E-state index in [2.05, 4.69) is 13.0 Å². The van der Waals surface area contributed by atoms with Crippen LogP contribution in [0.1, 0.15) is 25.3 Å². The maximum absolute atomic E-state index is 15.2. The van der Waals surface area contributed by atoms with E-state index in [4.69, 9.17) is 4.74 Å². The van der Waals surface area contributed by atoms with E-state index in [0.29, 0.717) is 10.9 Å². The van der Waals surface area contributed by atoms with Crippen molar-refractivity contribution in [3.05, 3.63) is 90.0 Å². The van der Waals surface area contributed by atoms with Crippen molar-refractivity contribution in [2.75, 3.05) is 7.11 Å². The molecule has 0 N–H and O–H groups in total. The molecule has 0 aliphatic rings. The Labute approximate surface area is 175 Å². The molecule has 0 bridgehead atoms. The molecule has 0 aliphatic heterocycles. The molecule has 3 heteroatoms. The summed E-state index contributed by atoms with van der Waals surface area (Å²) in [6.07, 6.45) is 3.30. The van der Waals surface area contributed by atoms with Gasteiger partial charge in [0.2, 0.25) is 0 Å². The summed E-state index contributed by atoms with van der Waals surface area (Å²) in [7, 11) is 1.44. The first-order chi connectivity index (χ1) is 14.6. The van der Waals surface area contributed by atoms with Crippen LogP contribution in [0.15, 0.2) is 72.8 Å². The zero-order chi connectivity index (χ0) is 21.1. The second-order valence-corrected chi connectivity index (χ2v) is 7.51. The third-order valence-electron chi connectivity index (χ3n) is 5.52. The number of fused-ring (bicyclic) bond motifs is 1. The third kappa shape index (κ3) is 3.93. The number of rotatable bonds is 6. The molecular formula is C27H24F2O. The smallest absolute Gasteiger partial charge is 0.165 e. The molecule has 1 nitrogen and oxygen atoms in total. The molecule has 0 aliphatic carbocycles. The Hall–Kier alpha value is -3.20. The summed E-state index contributed by atoms with van der Waals surface area (Å²) >= 11 is 0. The Morgan fingerprint density at radius 1 is 0.767 bits per heavy atom. The maximum Gasteiger partial charge on any atom is 0.165 e. The lowest BCUT2D eigenvalue weighted by Crippen LogP contribution is -1.91. The standard InChI is InChI=1S/C27H24F2O/c1-3-4-5-18-6-13-24-22(16-18)11-14-23(27(24)29)20-9-7-19(8-10-20)21-12-15-26(30-2)25(28)17-21/h6-17H,3-5H2,1-2H3. The average Bonchev–Trinajstić information content (AvgIpc) is 2.78. The van der Waals surface area contributed by atoms with Gasteiger partial charge in [-0.3, -0.25) is 0 Å². The molecule has 0 unspecified atom stereocenters. The number of aryl methyl sites for hydroxylation is 1. The monoisotopic (exact) mass is 402 g/mol. The first-order valence-corrected chi connectivity index (χ1v) is 10.3. The molecule has 4 aromatic carbocycles. The highest BCUT2D eigenvalue weighted by molar-refractivity contribution is 5.89. The van der Waals surface area contributed by atoms with Gasteiger partial charge in [0.1, 0.15) is 5.82 Å². The van der Waals surface area contributed by atoms with Crippen molar-refractivity contribution in [1.82, 2.24) is 0 Å². The fourth-order valence-electron chi connectivity index (χ4n) is 3.79. The van der Waals surface area contributed by atoms with Crippen LogP contribution >= 0.6 is 0 Å². The molecule has 0 atom stereocenters. The predicted octanol–water partition coefficient (Wildman–Crippen LogP) is 7.80. The molecule has 0 saturated carbocycles.